The van der Waals surface area contributed by atoms with E-state index >= 15 is 0 Å². The van der Waals surface area contributed by atoms with Gasteiger partial charge in [-0.15, -0.1) is 0 Å². The topological polar surface area (TPSA) is 75.0 Å². The molecule has 9 heteroatoms. The Morgan fingerprint density at radius 3 is 2.86 bits per heavy atom. The van der Waals surface area contributed by atoms with E-state index in [-0.39, 0.29) is 24.9 Å². The molecule has 3 rings (SSSR count). The second kappa shape index (κ2) is 9.51. The van der Waals surface area contributed by atoms with Gasteiger partial charge in [-0.25, -0.2) is 9.38 Å². The van der Waals surface area contributed by atoms with Crippen molar-refractivity contribution in [2.24, 2.45) is 12.0 Å². The molecule has 1 fully saturated rings. The molecular weight excluding hydrogens is 375 g/mol. The number of amides is 1. The number of carbonyl (C=O) groups excluding carboxylic acids is 1. The molecule has 0 radical (unpaired) electrons. The molecule has 1 saturated heterocycles. The Bertz CT molecular complexity index is 882. The Hall–Kier alpha value is -2.94. The van der Waals surface area contributed by atoms with Gasteiger partial charge < -0.3 is 19.9 Å². The zero-order valence-electron chi connectivity index (χ0n) is 17.1. The van der Waals surface area contributed by atoms with Crippen LogP contribution in [0.5, 0.6) is 0 Å². The summed E-state index contributed by atoms with van der Waals surface area (Å²) < 4.78 is 20.5. The molecule has 0 saturated carbocycles. The van der Waals surface area contributed by atoms with E-state index < -0.39 is 0 Å². The van der Waals surface area contributed by atoms with Crippen LogP contribution >= 0.6 is 0 Å². The van der Waals surface area contributed by atoms with Gasteiger partial charge in [0.15, 0.2) is 5.96 Å². The van der Waals surface area contributed by atoms with Crippen LogP contribution in [0.25, 0.3) is 0 Å². The Balaban J connectivity index is 1.70. The van der Waals surface area contributed by atoms with E-state index in [0.29, 0.717) is 37.7 Å². The number of piperazine rings is 1. The molecule has 8 nitrogen and oxygen atoms in total. The summed E-state index contributed by atoms with van der Waals surface area (Å²) in [6.07, 6.45) is 3.53. The lowest BCUT2D eigenvalue weighted by Crippen LogP contribution is -2.55. The second-order valence-electron chi connectivity index (χ2n) is 6.87. The van der Waals surface area contributed by atoms with Crippen LogP contribution in [0.4, 0.5) is 10.1 Å². The van der Waals surface area contributed by atoms with Gasteiger partial charge in [-0.2, -0.15) is 5.10 Å². The number of hydrogen-bond donors (Lipinski definition) is 1. The predicted molar refractivity (Wildman–Crippen MR) is 109 cm³/mol. The van der Waals surface area contributed by atoms with Crippen molar-refractivity contribution >= 4 is 17.6 Å². The van der Waals surface area contributed by atoms with Gasteiger partial charge in [0.25, 0.3) is 0 Å². The van der Waals surface area contributed by atoms with Gasteiger partial charge >= 0.3 is 0 Å². The van der Waals surface area contributed by atoms with Crippen molar-refractivity contribution < 1.29 is 13.9 Å². The first-order valence-electron chi connectivity index (χ1n) is 9.60. The first kappa shape index (κ1) is 20.8. The number of aromatic nitrogens is 2. The third-order valence-electron chi connectivity index (χ3n) is 4.68. The largest absolute Gasteiger partial charge is 0.380 e. The number of guanidine groups is 1. The highest BCUT2D eigenvalue weighted by Gasteiger charge is 2.27. The zero-order valence-corrected chi connectivity index (χ0v) is 17.1. The summed E-state index contributed by atoms with van der Waals surface area (Å²) in [5.41, 5.74) is 2.19. The van der Waals surface area contributed by atoms with Crippen molar-refractivity contribution in [3.63, 3.8) is 0 Å². The van der Waals surface area contributed by atoms with Crippen LogP contribution in [0.15, 0.2) is 35.6 Å². The lowest BCUT2D eigenvalue weighted by Gasteiger charge is -2.35. The average Bonchev–Trinajstić information content (AvgIpc) is 3.13. The van der Waals surface area contributed by atoms with E-state index in [9.17, 15) is 9.18 Å². The maximum Gasteiger partial charge on any atom is 0.246 e. The number of benzene rings is 1. The van der Waals surface area contributed by atoms with E-state index in [1.165, 1.54) is 13.2 Å². The Kier molecular flexibility index (Phi) is 6.82. The van der Waals surface area contributed by atoms with Gasteiger partial charge in [0.05, 0.1) is 25.0 Å². The second-order valence-corrected chi connectivity index (χ2v) is 6.87. The molecule has 1 aliphatic rings. The fourth-order valence-corrected chi connectivity index (χ4v) is 3.26. The van der Waals surface area contributed by atoms with Gasteiger partial charge in [-0.3, -0.25) is 9.48 Å². The normalized spacial score (nSPS) is 15.2. The molecule has 1 N–H and O–H groups in total. The molecule has 0 atom stereocenters. The molecule has 0 spiro atoms. The first-order valence-corrected chi connectivity index (χ1v) is 9.60. The number of hydrogen-bond acceptors (Lipinski definition) is 4. The summed E-state index contributed by atoms with van der Waals surface area (Å²) in [5, 5.41) is 7.38. The number of anilines is 1. The quantitative estimate of drug-likeness (QED) is 0.586. The molecule has 0 unspecified atom stereocenters. The summed E-state index contributed by atoms with van der Waals surface area (Å²) in [5.74, 6) is 0.381. The van der Waals surface area contributed by atoms with Gasteiger partial charge in [0, 0.05) is 45.6 Å². The molecule has 1 aromatic heterocycles. The zero-order chi connectivity index (χ0) is 20.8. The van der Waals surface area contributed by atoms with Crippen molar-refractivity contribution in [3.8, 4) is 0 Å². The molecule has 1 aromatic carbocycles. The van der Waals surface area contributed by atoms with E-state index in [4.69, 9.17) is 4.74 Å². The minimum absolute atomic E-state index is 0.000911. The van der Waals surface area contributed by atoms with Crippen LogP contribution in [0.3, 0.4) is 0 Å². The highest BCUT2D eigenvalue weighted by molar-refractivity contribution is 5.98. The number of halogens is 1. The molecular formula is C20H27FN6O2. The average molecular weight is 402 g/mol. The summed E-state index contributed by atoms with van der Waals surface area (Å²) in [6.45, 7) is 4.73. The number of rotatable bonds is 6. The first-order chi connectivity index (χ1) is 14.0. The fourth-order valence-electron chi connectivity index (χ4n) is 3.26. The minimum atomic E-state index is -0.288. The maximum atomic E-state index is 13.8. The molecule has 29 heavy (non-hydrogen) atoms. The number of aryl methyl sites for hydroxylation is 1. The van der Waals surface area contributed by atoms with Crippen molar-refractivity contribution in [2.75, 3.05) is 38.2 Å². The molecule has 0 bridgehead atoms. The monoisotopic (exact) mass is 402 g/mol. The van der Waals surface area contributed by atoms with Crippen LogP contribution in [0.2, 0.25) is 0 Å². The van der Waals surface area contributed by atoms with Crippen LogP contribution in [0.1, 0.15) is 18.1 Å². The molecule has 2 heterocycles. The summed E-state index contributed by atoms with van der Waals surface area (Å²) in [4.78, 5) is 21.0. The molecule has 2 aromatic rings. The molecule has 0 aliphatic carbocycles. The summed E-state index contributed by atoms with van der Waals surface area (Å²) in [7, 11) is 3.36. The number of carbonyl (C=O) groups is 1. The van der Waals surface area contributed by atoms with Gasteiger partial charge in [-0.1, -0.05) is 6.07 Å². The maximum absolute atomic E-state index is 13.8. The lowest BCUT2D eigenvalue weighted by molar-refractivity contribution is -0.120. The molecule has 1 amide bonds. The van der Waals surface area contributed by atoms with Gasteiger partial charge in [-0.05, 0) is 24.6 Å². The van der Waals surface area contributed by atoms with Crippen molar-refractivity contribution in [1.82, 2.24) is 20.0 Å². The predicted octanol–water partition coefficient (Wildman–Crippen LogP) is 1.52. The van der Waals surface area contributed by atoms with Gasteiger partial charge in [0.1, 0.15) is 12.4 Å². The highest BCUT2D eigenvalue weighted by atomic mass is 19.1. The lowest BCUT2D eigenvalue weighted by atomic mass is 10.1. The minimum Gasteiger partial charge on any atom is -0.380 e. The SMILES string of the molecule is CCNC(=NCc1ccc(F)c(COC)c1)N1CCN(c2cnn(C)c2)C(=O)C1. The highest BCUT2D eigenvalue weighted by Crippen LogP contribution is 2.17. The Labute approximate surface area is 170 Å². The van der Waals surface area contributed by atoms with Crippen LogP contribution in [-0.4, -0.2) is 59.8 Å². The van der Waals surface area contributed by atoms with E-state index in [1.807, 2.05) is 25.1 Å². The smallest absolute Gasteiger partial charge is 0.246 e. The fraction of sp³-hybridized carbons (Fsp3) is 0.450. The summed E-state index contributed by atoms with van der Waals surface area (Å²) >= 11 is 0. The van der Waals surface area contributed by atoms with Crippen LogP contribution in [0, 0.1) is 5.82 Å². The summed E-state index contributed by atoms with van der Waals surface area (Å²) in [6, 6.07) is 4.91. The van der Waals surface area contributed by atoms with Crippen molar-refractivity contribution in [2.45, 2.75) is 20.1 Å². The van der Waals surface area contributed by atoms with E-state index in [2.05, 4.69) is 15.4 Å². The molecule has 156 valence electrons. The number of aliphatic imine (C=N–C) groups is 1. The third kappa shape index (κ3) is 5.11. The van der Waals surface area contributed by atoms with E-state index in [0.717, 1.165) is 11.3 Å². The van der Waals surface area contributed by atoms with Crippen molar-refractivity contribution in [3.05, 3.63) is 47.5 Å². The standard InChI is InChI=1S/C20H27FN6O2/c1-4-22-20(23-10-15-5-6-18(21)16(9-15)14-29-3)26-7-8-27(19(28)13-26)17-11-24-25(2)12-17/h5-6,9,11-12H,4,7-8,10,13-14H2,1-3H3,(H,22,23). The van der Waals surface area contributed by atoms with Crippen LogP contribution in [-0.2, 0) is 29.7 Å². The third-order valence-corrected chi connectivity index (χ3v) is 4.68. The number of nitrogens with zero attached hydrogens (tertiary/aromatic N) is 5. The number of nitrogens with one attached hydrogen (secondary N) is 1. The number of methoxy groups -OCH3 is 1. The molecule has 1 aliphatic heterocycles. The number of ether oxygens (including phenoxy) is 1. The van der Waals surface area contributed by atoms with Crippen molar-refractivity contribution in [1.29, 1.82) is 0 Å². The Morgan fingerprint density at radius 1 is 1.38 bits per heavy atom. The van der Waals surface area contributed by atoms with Gasteiger partial charge in [0.2, 0.25) is 5.91 Å². The van der Waals surface area contributed by atoms with Crippen LogP contribution < -0.4 is 10.2 Å². The van der Waals surface area contributed by atoms with E-state index in [1.54, 1.807) is 27.9 Å². The Morgan fingerprint density at radius 2 is 2.21 bits per heavy atom.